The van der Waals surface area contributed by atoms with E-state index in [1.54, 1.807) is 24.3 Å². The second-order valence-corrected chi connectivity index (χ2v) is 4.85. The lowest BCUT2D eigenvalue weighted by molar-refractivity contribution is 0.629. The van der Waals surface area contributed by atoms with Crippen molar-refractivity contribution in [3.05, 3.63) is 59.1 Å². The molecule has 0 bridgehead atoms. The maximum atomic E-state index is 14.2. The van der Waals surface area contributed by atoms with E-state index in [9.17, 15) is 8.78 Å². The molecule has 0 saturated heterocycles. The molecule has 6 heteroatoms. The molecule has 0 aliphatic rings. The molecular weight excluding hydrogens is 296 g/mol. The van der Waals surface area contributed by atoms with E-state index in [2.05, 4.69) is 10.2 Å². The average molecular weight is 306 g/mol. The molecule has 0 amide bonds. The topological polar surface area (TPSA) is 54.7 Å². The third-order valence-electron chi connectivity index (χ3n) is 3.16. The molecule has 106 valence electrons. The molecule has 0 saturated carbocycles. The summed E-state index contributed by atoms with van der Waals surface area (Å²) in [6, 6.07) is 10.7. The first-order valence-electron chi connectivity index (χ1n) is 6.12. The summed E-state index contributed by atoms with van der Waals surface area (Å²) in [5, 5.41) is 6.47. The number of nitrogen functional groups attached to an aromatic ring is 1. The van der Waals surface area contributed by atoms with Gasteiger partial charge in [0.15, 0.2) is 5.82 Å². The summed E-state index contributed by atoms with van der Waals surface area (Å²) < 4.78 is 28.2. The second kappa shape index (κ2) is 5.18. The summed E-state index contributed by atoms with van der Waals surface area (Å²) in [5.74, 6) is -0.996. The quantitative estimate of drug-likeness (QED) is 0.743. The van der Waals surface area contributed by atoms with Crippen LogP contribution < -0.4 is 5.73 Å². The van der Waals surface area contributed by atoms with Gasteiger partial charge in [-0.1, -0.05) is 35.9 Å². The van der Waals surface area contributed by atoms with Crippen molar-refractivity contribution in [2.24, 2.45) is 0 Å². The number of aromatic nitrogens is 2. The molecule has 0 aliphatic heterocycles. The summed E-state index contributed by atoms with van der Waals surface area (Å²) in [5.41, 5.74) is 6.84. The van der Waals surface area contributed by atoms with Crippen molar-refractivity contribution in [2.75, 3.05) is 5.73 Å². The van der Waals surface area contributed by atoms with E-state index < -0.39 is 11.6 Å². The Balaban J connectivity index is 2.28. The molecule has 0 unspecified atom stereocenters. The highest BCUT2D eigenvalue weighted by molar-refractivity contribution is 6.31. The van der Waals surface area contributed by atoms with Gasteiger partial charge >= 0.3 is 0 Å². The Kier molecular flexibility index (Phi) is 3.35. The van der Waals surface area contributed by atoms with Crippen molar-refractivity contribution >= 4 is 17.4 Å². The lowest BCUT2D eigenvalue weighted by Crippen LogP contribution is -1.93. The fourth-order valence-corrected chi connectivity index (χ4v) is 2.36. The maximum Gasteiger partial charge on any atom is 0.153 e. The number of halogens is 3. The maximum absolute atomic E-state index is 14.2. The van der Waals surface area contributed by atoms with Crippen molar-refractivity contribution in [3.8, 4) is 22.4 Å². The van der Waals surface area contributed by atoms with Gasteiger partial charge in [-0.05, 0) is 18.2 Å². The Morgan fingerprint density at radius 3 is 2.48 bits per heavy atom. The molecule has 21 heavy (non-hydrogen) atoms. The van der Waals surface area contributed by atoms with Gasteiger partial charge in [0.2, 0.25) is 0 Å². The summed E-state index contributed by atoms with van der Waals surface area (Å²) in [6.45, 7) is 0. The van der Waals surface area contributed by atoms with Crippen LogP contribution in [0.2, 0.25) is 5.02 Å². The zero-order valence-electron chi connectivity index (χ0n) is 10.7. The first-order valence-corrected chi connectivity index (χ1v) is 6.50. The van der Waals surface area contributed by atoms with Gasteiger partial charge in [-0.15, -0.1) is 0 Å². The first-order chi connectivity index (χ1) is 10.1. The minimum Gasteiger partial charge on any atom is -0.382 e. The smallest absolute Gasteiger partial charge is 0.153 e. The van der Waals surface area contributed by atoms with Gasteiger partial charge in [0.1, 0.15) is 11.6 Å². The van der Waals surface area contributed by atoms with Gasteiger partial charge < -0.3 is 5.73 Å². The summed E-state index contributed by atoms with van der Waals surface area (Å²) in [4.78, 5) is 0. The lowest BCUT2D eigenvalue weighted by Gasteiger charge is -2.07. The average Bonchev–Trinajstić information content (AvgIpc) is 2.84. The van der Waals surface area contributed by atoms with Gasteiger partial charge in [0.05, 0.1) is 16.3 Å². The summed E-state index contributed by atoms with van der Waals surface area (Å²) in [7, 11) is 0. The number of benzene rings is 2. The Hall–Kier alpha value is -2.40. The van der Waals surface area contributed by atoms with Crippen LogP contribution in [0.1, 0.15) is 0 Å². The van der Waals surface area contributed by atoms with E-state index in [1.165, 1.54) is 18.2 Å². The fraction of sp³-hybridized carbons (Fsp3) is 0. The van der Waals surface area contributed by atoms with E-state index in [1.807, 2.05) is 0 Å². The largest absolute Gasteiger partial charge is 0.382 e. The van der Waals surface area contributed by atoms with Gasteiger partial charge in [0.25, 0.3) is 0 Å². The number of hydrogen-bond acceptors (Lipinski definition) is 2. The molecule has 3 N–H and O–H groups in total. The van der Waals surface area contributed by atoms with Crippen LogP contribution in [-0.4, -0.2) is 10.2 Å². The van der Waals surface area contributed by atoms with Crippen molar-refractivity contribution in [2.45, 2.75) is 0 Å². The van der Waals surface area contributed by atoms with Crippen LogP contribution in [0.4, 0.5) is 14.6 Å². The van der Waals surface area contributed by atoms with Crippen LogP contribution in [0.25, 0.3) is 22.4 Å². The fourth-order valence-electron chi connectivity index (χ4n) is 2.18. The van der Waals surface area contributed by atoms with Crippen molar-refractivity contribution in [3.63, 3.8) is 0 Å². The molecule has 0 aliphatic carbocycles. The molecule has 3 nitrogen and oxygen atoms in total. The molecule has 3 rings (SSSR count). The predicted octanol–water partition coefficient (Wildman–Crippen LogP) is 4.26. The van der Waals surface area contributed by atoms with Gasteiger partial charge in [-0.2, -0.15) is 5.10 Å². The first kappa shape index (κ1) is 13.6. The van der Waals surface area contributed by atoms with E-state index >= 15 is 0 Å². The minimum atomic E-state index is -0.621. The third-order valence-corrected chi connectivity index (χ3v) is 3.45. The molecule has 1 aromatic heterocycles. The van der Waals surface area contributed by atoms with E-state index in [0.717, 1.165) is 0 Å². The van der Waals surface area contributed by atoms with Crippen molar-refractivity contribution in [1.29, 1.82) is 0 Å². The third kappa shape index (κ3) is 2.25. The minimum absolute atomic E-state index is 0.0346. The van der Waals surface area contributed by atoms with Crippen LogP contribution in [-0.2, 0) is 0 Å². The zero-order valence-corrected chi connectivity index (χ0v) is 11.5. The van der Waals surface area contributed by atoms with E-state index in [-0.39, 0.29) is 22.0 Å². The number of aromatic amines is 1. The van der Waals surface area contributed by atoms with Crippen LogP contribution in [0, 0.1) is 11.6 Å². The molecule has 0 fully saturated rings. The number of nitrogens with two attached hydrogens (primary N) is 1. The van der Waals surface area contributed by atoms with Gasteiger partial charge in [0, 0.05) is 11.1 Å². The number of hydrogen-bond donors (Lipinski definition) is 2. The van der Waals surface area contributed by atoms with Crippen LogP contribution in [0.15, 0.2) is 42.5 Å². The highest BCUT2D eigenvalue weighted by atomic mass is 35.5. The number of nitrogens with one attached hydrogen (secondary N) is 1. The highest BCUT2D eigenvalue weighted by Crippen LogP contribution is 2.38. The van der Waals surface area contributed by atoms with E-state index in [4.69, 9.17) is 17.3 Å². The lowest BCUT2D eigenvalue weighted by atomic mass is 10.00. The normalized spacial score (nSPS) is 10.8. The number of nitrogens with zero attached hydrogens (tertiary/aromatic N) is 1. The predicted molar refractivity (Wildman–Crippen MR) is 78.8 cm³/mol. The van der Waals surface area contributed by atoms with Crippen LogP contribution in [0.5, 0.6) is 0 Å². The van der Waals surface area contributed by atoms with Crippen molar-refractivity contribution < 1.29 is 8.78 Å². The monoisotopic (exact) mass is 305 g/mol. The summed E-state index contributed by atoms with van der Waals surface area (Å²) >= 11 is 5.79. The molecule has 2 aromatic carbocycles. The Morgan fingerprint density at radius 1 is 1.00 bits per heavy atom. The molecule has 0 spiro atoms. The second-order valence-electron chi connectivity index (χ2n) is 4.44. The number of anilines is 1. The number of rotatable bonds is 2. The molecule has 0 radical (unpaired) electrons. The molecule has 0 atom stereocenters. The molecular formula is C15H10ClF2N3. The highest BCUT2D eigenvalue weighted by Gasteiger charge is 2.20. The zero-order chi connectivity index (χ0) is 15.0. The van der Waals surface area contributed by atoms with E-state index in [0.29, 0.717) is 11.3 Å². The summed E-state index contributed by atoms with van der Waals surface area (Å²) in [6.07, 6.45) is 0. The SMILES string of the molecule is Nc1n[nH]c(-c2ccccc2F)c1-c1cccc(Cl)c1F. The molecule has 1 heterocycles. The van der Waals surface area contributed by atoms with Crippen molar-refractivity contribution in [1.82, 2.24) is 10.2 Å². The molecule has 3 aromatic rings. The Bertz CT molecular complexity index is 814. The van der Waals surface area contributed by atoms with Crippen LogP contribution in [0.3, 0.4) is 0 Å². The Morgan fingerprint density at radius 2 is 1.71 bits per heavy atom. The van der Waals surface area contributed by atoms with Gasteiger partial charge in [-0.3, -0.25) is 5.10 Å². The van der Waals surface area contributed by atoms with Gasteiger partial charge in [-0.25, -0.2) is 8.78 Å². The van der Waals surface area contributed by atoms with Crippen LogP contribution >= 0.6 is 11.6 Å². The Labute approximate surface area is 124 Å². The number of H-pyrrole nitrogens is 1. The standard InChI is InChI=1S/C15H10ClF2N3/c16-10-6-3-5-9(13(10)18)12-14(20-21-15(12)19)8-4-1-2-7-11(8)17/h1-7H,(H3,19,20,21).